The molecule has 2 amide bonds. The smallest absolute Gasteiger partial charge is 0.230 e. The molecule has 5 nitrogen and oxygen atoms in total. The highest BCUT2D eigenvalue weighted by molar-refractivity contribution is 8.00. The van der Waals surface area contributed by atoms with Gasteiger partial charge in [-0.3, -0.25) is 14.9 Å². The van der Waals surface area contributed by atoms with Gasteiger partial charge in [-0.05, 0) is 12.8 Å². The lowest BCUT2D eigenvalue weighted by atomic mass is 10.1. The SMILES string of the molecule is CCCNC(=O)CSC1NC(=O)CC(CC)N1. The van der Waals surface area contributed by atoms with Crippen LogP contribution < -0.4 is 16.0 Å². The third-order valence-electron chi connectivity index (χ3n) is 2.56. The zero-order valence-electron chi connectivity index (χ0n) is 10.4. The Balaban J connectivity index is 2.26. The van der Waals surface area contributed by atoms with E-state index in [2.05, 4.69) is 16.0 Å². The second-order valence-corrected chi connectivity index (χ2v) is 5.18. The Morgan fingerprint density at radius 2 is 2.29 bits per heavy atom. The molecule has 0 spiro atoms. The molecule has 0 bridgehead atoms. The number of carbonyl (C=O) groups excluding carboxylic acids is 2. The molecule has 0 aliphatic carbocycles. The average Bonchev–Trinajstić information content (AvgIpc) is 2.33. The minimum absolute atomic E-state index is 0.0199. The number of hydrogen-bond donors (Lipinski definition) is 3. The van der Waals surface area contributed by atoms with Crippen molar-refractivity contribution in [3.8, 4) is 0 Å². The van der Waals surface area contributed by atoms with E-state index in [4.69, 9.17) is 0 Å². The maximum Gasteiger partial charge on any atom is 0.230 e. The maximum absolute atomic E-state index is 11.4. The summed E-state index contributed by atoms with van der Waals surface area (Å²) in [6.45, 7) is 4.77. The van der Waals surface area contributed by atoms with Gasteiger partial charge in [0.1, 0.15) is 5.50 Å². The van der Waals surface area contributed by atoms with Crippen molar-refractivity contribution in [3.05, 3.63) is 0 Å². The predicted octanol–water partition coefficient (Wildman–Crippen LogP) is 0.417. The predicted molar refractivity (Wildman–Crippen MR) is 69.5 cm³/mol. The number of thioether (sulfide) groups is 1. The zero-order valence-corrected chi connectivity index (χ0v) is 11.2. The molecule has 3 N–H and O–H groups in total. The summed E-state index contributed by atoms with van der Waals surface area (Å²) in [4.78, 5) is 22.8. The molecule has 1 aliphatic rings. The summed E-state index contributed by atoms with van der Waals surface area (Å²) in [5.74, 6) is 0.447. The Morgan fingerprint density at radius 3 is 2.94 bits per heavy atom. The Kier molecular flexibility index (Phi) is 6.36. The van der Waals surface area contributed by atoms with E-state index in [1.54, 1.807) is 0 Å². The third kappa shape index (κ3) is 5.41. The number of amides is 2. The van der Waals surface area contributed by atoms with Gasteiger partial charge in [0.05, 0.1) is 5.75 Å². The van der Waals surface area contributed by atoms with Crippen molar-refractivity contribution in [3.63, 3.8) is 0 Å². The van der Waals surface area contributed by atoms with Gasteiger partial charge in [-0.25, -0.2) is 0 Å². The van der Waals surface area contributed by atoms with Crippen LogP contribution in [-0.2, 0) is 9.59 Å². The summed E-state index contributed by atoms with van der Waals surface area (Å²) >= 11 is 1.42. The van der Waals surface area contributed by atoms with Crippen LogP contribution in [0.4, 0.5) is 0 Å². The van der Waals surface area contributed by atoms with Gasteiger partial charge in [0.15, 0.2) is 0 Å². The Hall–Kier alpha value is -0.750. The molecule has 1 rings (SSSR count). The van der Waals surface area contributed by atoms with E-state index < -0.39 is 0 Å². The van der Waals surface area contributed by atoms with E-state index in [0.29, 0.717) is 18.7 Å². The van der Waals surface area contributed by atoms with Crippen molar-refractivity contribution in [1.29, 1.82) is 0 Å². The third-order valence-corrected chi connectivity index (χ3v) is 3.57. The van der Waals surface area contributed by atoms with E-state index in [-0.39, 0.29) is 23.4 Å². The number of rotatable bonds is 6. The fourth-order valence-corrected chi connectivity index (χ4v) is 2.49. The summed E-state index contributed by atoms with van der Waals surface area (Å²) < 4.78 is 0. The highest BCUT2D eigenvalue weighted by Crippen LogP contribution is 2.13. The standard InChI is InChI=1S/C11H21N3O2S/c1-3-5-12-10(16)7-17-11-13-8(4-2)6-9(15)14-11/h8,11,13H,3-7H2,1-2H3,(H,12,16)(H,14,15). The van der Waals surface area contributed by atoms with E-state index >= 15 is 0 Å². The quantitative estimate of drug-likeness (QED) is 0.646. The molecule has 0 radical (unpaired) electrons. The van der Waals surface area contributed by atoms with Crippen LogP contribution in [0.5, 0.6) is 0 Å². The molecule has 6 heteroatoms. The van der Waals surface area contributed by atoms with Crippen LogP contribution in [0.15, 0.2) is 0 Å². The Morgan fingerprint density at radius 1 is 1.53 bits per heavy atom. The summed E-state index contributed by atoms with van der Waals surface area (Å²) in [6, 6.07) is 0.222. The summed E-state index contributed by atoms with van der Waals surface area (Å²) in [7, 11) is 0. The van der Waals surface area contributed by atoms with Crippen molar-refractivity contribution in [2.45, 2.75) is 44.6 Å². The van der Waals surface area contributed by atoms with Gasteiger partial charge in [0.25, 0.3) is 0 Å². The van der Waals surface area contributed by atoms with Crippen molar-refractivity contribution in [2.75, 3.05) is 12.3 Å². The number of hydrogen-bond acceptors (Lipinski definition) is 4. The normalized spacial score (nSPS) is 24.2. The molecular formula is C11H21N3O2S. The van der Waals surface area contributed by atoms with E-state index in [1.165, 1.54) is 11.8 Å². The molecular weight excluding hydrogens is 238 g/mol. The van der Waals surface area contributed by atoms with Gasteiger partial charge in [-0.2, -0.15) is 0 Å². The minimum atomic E-state index is -0.145. The van der Waals surface area contributed by atoms with Crippen LogP contribution in [0.3, 0.4) is 0 Å². The van der Waals surface area contributed by atoms with Crippen LogP contribution in [-0.4, -0.2) is 35.7 Å². The van der Waals surface area contributed by atoms with E-state index in [1.807, 2.05) is 13.8 Å². The maximum atomic E-state index is 11.4. The van der Waals surface area contributed by atoms with Crippen molar-refractivity contribution in [1.82, 2.24) is 16.0 Å². The van der Waals surface area contributed by atoms with Crippen molar-refractivity contribution < 1.29 is 9.59 Å². The molecule has 0 aromatic heterocycles. The average molecular weight is 259 g/mol. The van der Waals surface area contributed by atoms with E-state index in [0.717, 1.165) is 12.8 Å². The molecule has 0 aromatic carbocycles. The van der Waals surface area contributed by atoms with Crippen molar-refractivity contribution >= 4 is 23.6 Å². The second kappa shape index (κ2) is 7.55. The molecule has 1 saturated heterocycles. The lowest BCUT2D eigenvalue weighted by Crippen LogP contribution is -2.54. The second-order valence-electron chi connectivity index (χ2n) is 4.08. The van der Waals surface area contributed by atoms with Gasteiger partial charge in [-0.1, -0.05) is 13.8 Å². The van der Waals surface area contributed by atoms with Gasteiger partial charge in [0, 0.05) is 19.0 Å². The van der Waals surface area contributed by atoms with Crippen LogP contribution in [0.1, 0.15) is 33.1 Å². The summed E-state index contributed by atoms with van der Waals surface area (Å²) in [5, 5.41) is 8.93. The van der Waals surface area contributed by atoms with Crippen molar-refractivity contribution in [2.24, 2.45) is 0 Å². The lowest BCUT2D eigenvalue weighted by molar-refractivity contribution is -0.123. The molecule has 1 fully saturated rings. The van der Waals surface area contributed by atoms with Gasteiger partial charge in [-0.15, -0.1) is 11.8 Å². The van der Waals surface area contributed by atoms with E-state index in [9.17, 15) is 9.59 Å². The molecule has 1 aliphatic heterocycles. The van der Waals surface area contributed by atoms with Crippen LogP contribution in [0.2, 0.25) is 0 Å². The van der Waals surface area contributed by atoms with Crippen LogP contribution in [0.25, 0.3) is 0 Å². The van der Waals surface area contributed by atoms with Gasteiger partial charge in [0.2, 0.25) is 11.8 Å². The largest absolute Gasteiger partial charge is 0.355 e. The molecule has 0 aromatic rings. The summed E-state index contributed by atoms with van der Waals surface area (Å²) in [6.07, 6.45) is 2.38. The van der Waals surface area contributed by atoms with Crippen LogP contribution in [0, 0.1) is 0 Å². The first-order chi connectivity index (χ1) is 8.15. The summed E-state index contributed by atoms with van der Waals surface area (Å²) in [5.41, 5.74) is -0.145. The molecule has 17 heavy (non-hydrogen) atoms. The fourth-order valence-electron chi connectivity index (χ4n) is 1.57. The zero-order chi connectivity index (χ0) is 12.7. The minimum Gasteiger partial charge on any atom is -0.355 e. The lowest BCUT2D eigenvalue weighted by Gasteiger charge is -2.30. The highest BCUT2D eigenvalue weighted by atomic mass is 32.2. The Labute approximate surface area is 106 Å². The molecule has 0 saturated carbocycles. The van der Waals surface area contributed by atoms with Gasteiger partial charge >= 0.3 is 0 Å². The Bertz CT molecular complexity index is 273. The van der Waals surface area contributed by atoms with Crippen LogP contribution >= 0.6 is 11.8 Å². The van der Waals surface area contributed by atoms with Gasteiger partial charge < -0.3 is 10.6 Å². The molecule has 2 unspecified atom stereocenters. The number of nitrogens with one attached hydrogen (secondary N) is 3. The highest BCUT2D eigenvalue weighted by Gasteiger charge is 2.24. The fraction of sp³-hybridized carbons (Fsp3) is 0.818. The first kappa shape index (κ1) is 14.3. The topological polar surface area (TPSA) is 70.2 Å². The number of carbonyl (C=O) groups is 2. The first-order valence-corrected chi connectivity index (χ1v) is 7.14. The molecule has 2 atom stereocenters. The monoisotopic (exact) mass is 259 g/mol. The molecule has 1 heterocycles. The first-order valence-electron chi connectivity index (χ1n) is 6.09. The molecule has 98 valence electrons.